The molecule has 1 unspecified atom stereocenters. The monoisotopic (exact) mass is 220 g/mol. The molecule has 0 aliphatic carbocycles. The topological polar surface area (TPSA) is 92.4 Å². The average Bonchev–Trinajstić information content (AvgIpc) is 2.55. The molecule has 0 aromatic heterocycles. The molecule has 0 spiro atoms. The van der Waals surface area contributed by atoms with E-state index in [4.69, 9.17) is 10.8 Å². The molecule has 1 aliphatic heterocycles. The summed E-state index contributed by atoms with van der Waals surface area (Å²) >= 11 is 0. The molecule has 16 heavy (non-hydrogen) atoms. The zero-order chi connectivity index (χ0) is 11.7. The highest BCUT2D eigenvalue weighted by Crippen LogP contribution is 2.26. The van der Waals surface area contributed by atoms with E-state index in [1.165, 1.54) is 0 Å². The Kier molecular flexibility index (Phi) is 2.62. The summed E-state index contributed by atoms with van der Waals surface area (Å²) in [6.45, 7) is 0. The summed E-state index contributed by atoms with van der Waals surface area (Å²) in [5.74, 6) is -0.971. The molecule has 84 valence electrons. The fourth-order valence-corrected chi connectivity index (χ4v) is 1.79. The number of carbonyl (C=O) groups excluding carboxylic acids is 1. The number of carbonyl (C=O) groups is 2. The molecule has 1 aliphatic rings. The van der Waals surface area contributed by atoms with Crippen LogP contribution in [-0.4, -0.2) is 17.0 Å². The number of rotatable bonds is 3. The first kappa shape index (κ1) is 10.6. The molecule has 1 atom stereocenters. The molecular formula is C11H12N2O3. The smallest absolute Gasteiger partial charge is 0.305 e. The first-order valence-corrected chi connectivity index (χ1v) is 4.96. The molecule has 4 N–H and O–H groups in total. The number of hydrogen-bond acceptors (Lipinski definition) is 3. The van der Waals surface area contributed by atoms with Crippen LogP contribution >= 0.6 is 0 Å². The molecular weight excluding hydrogens is 208 g/mol. The largest absolute Gasteiger partial charge is 0.481 e. The standard InChI is InChI=1S/C11H12N2O3/c12-8(5-11(15)16)6-1-2-9-7(3-6)4-10(14)13-9/h1-3,8H,4-5,12H2,(H,13,14)(H,15,16). The Bertz CT molecular complexity index is 457. The number of hydrogen-bond donors (Lipinski definition) is 3. The molecule has 1 aromatic carbocycles. The van der Waals surface area contributed by atoms with Crippen LogP contribution in [0.4, 0.5) is 5.69 Å². The predicted octanol–water partition coefficient (Wildman–Crippen LogP) is 0.656. The molecule has 0 saturated carbocycles. The van der Waals surface area contributed by atoms with Gasteiger partial charge in [0.1, 0.15) is 0 Å². The second-order valence-electron chi connectivity index (χ2n) is 3.85. The van der Waals surface area contributed by atoms with E-state index in [-0.39, 0.29) is 12.3 Å². The molecule has 5 heteroatoms. The summed E-state index contributed by atoms with van der Waals surface area (Å²) in [7, 11) is 0. The molecule has 1 heterocycles. The molecule has 1 aromatic rings. The molecule has 0 fully saturated rings. The number of carboxylic acids is 1. The normalized spacial score (nSPS) is 15.4. The zero-order valence-electron chi connectivity index (χ0n) is 8.56. The third-order valence-corrected chi connectivity index (χ3v) is 2.58. The minimum absolute atomic E-state index is 0.0426. The lowest BCUT2D eigenvalue weighted by molar-refractivity contribution is -0.137. The van der Waals surface area contributed by atoms with Crippen LogP contribution in [0.2, 0.25) is 0 Å². The summed E-state index contributed by atoms with van der Waals surface area (Å²) in [5, 5.41) is 11.3. The number of benzene rings is 1. The maximum atomic E-state index is 11.1. The van der Waals surface area contributed by atoms with Crippen molar-refractivity contribution in [2.45, 2.75) is 18.9 Å². The molecule has 0 bridgehead atoms. The molecule has 0 saturated heterocycles. The van der Waals surface area contributed by atoms with Gasteiger partial charge in [-0.3, -0.25) is 9.59 Å². The van der Waals surface area contributed by atoms with Crippen molar-refractivity contribution in [2.24, 2.45) is 5.73 Å². The van der Waals surface area contributed by atoms with Crippen molar-refractivity contribution in [3.05, 3.63) is 29.3 Å². The van der Waals surface area contributed by atoms with Crippen LogP contribution < -0.4 is 11.1 Å². The Morgan fingerprint density at radius 2 is 2.31 bits per heavy atom. The number of nitrogens with two attached hydrogens (primary N) is 1. The minimum atomic E-state index is -0.929. The van der Waals surface area contributed by atoms with Gasteiger partial charge in [0.05, 0.1) is 12.8 Å². The Morgan fingerprint density at radius 3 is 3.00 bits per heavy atom. The van der Waals surface area contributed by atoms with Gasteiger partial charge in [0.25, 0.3) is 0 Å². The van der Waals surface area contributed by atoms with Gasteiger partial charge in [-0.1, -0.05) is 12.1 Å². The number of carboxylic acid groups (broad SMARTS) is 1. The number of fused-ring (bicyclic) bond motifs is 1. The quantitative estimate of drug-likeness (QED) is 0.697. The van der Waals surface area contributed by atoms with Crippen molar-refractivity contribution in [2.75, 3.05) is 5.32 Å². The van der Waals surface area contributed by atoms with Crippen molar-refractivity contribution in [3.8, 4) is 0 Å². The summed E-state index contributed by atoms with van der Waals surface area (Å²) in [6.07, 6.45) is 0.225. The molecule has 1 amide bonds. The maximum absolute atomic E-state index is 11.1. The van der Waals surface area contributed by atoms with Gasteiger partial charge in [0.2, 0.25) is 5.91 Å². The van der Waals surface area contributed by atoms with E-state index >= 15 is 0 Å². The number of nitrogens with one attached hydrogen (secondary N) is 1. The Labute approximate surface area is 92.3 Å². The van der Waals surface area contributed by atoms with E-state index in [1.54, 1.807) is 18.2 Å². The van der Waals surface area contributed by atoms with Crippen LogP contribution in [0.25, 0.3) is 0 Å². The van der Waals surface area contributed by atoms with Gasteiger partial charge in [0, 0.05) is 11.7 Å². The minimum Gasteiger partial charge on any atom is -0.481 e. The van der Waals surface area contributed by atoms with Crippen molar-refractivity contribution < 1.29 is 14.7 Å². The predicted molar refractivity (Wildman–Crippen MR) is 58.0 cm³/mol. The molecule has 2 rings (SSSR count). The highest BCUT2D eigenvalue weighted by Gasteiger charge is 2.19. The van der Waals surface area contributed by atoms with E-state index in [0.29, 0.717) is 6.42 Å². The summed E-state index contributed by atoms with van der Waals surface area (Å²) in [4.78, 5) is 21.6. The summed E-state index contributed by atoms with van der Waals surface area (Å²) in [6, 6.07) is 4.77. The van der Waals surface area contributed by atoms with Crippen molar-refractivity contribution in [3.63, 3.8) is 0 Å². The van der Waals surface area contributed by atoms with E-state index < -0.39 is 12.0 Å². The highest BCUT2D eigenvalue weighted by atomic mass is 16.4. The molecule has 5 nitrogen and oxygen atoms in total. The zero-order valence-corrected chi connectivity index (χ0v) is 8.56. The third kappa shape index (κ3) is 2.04. The number of aliphatic carboxylic acids is 1. The van der Waals surface area contributed by atoms with Crippen LogP contribution in [0.1, 0.15) is 23.6 Å². The van der Waals surface area contributed by atoms with Crippen LogP contribution in [0.5, 0.6) is 0 Å². The van der Waals surface area contributed by atoms with E-state index in [0.717, 1.165) is 16.8 Å². The van der Waals surface area contributed by atoms with Crippen LogP contribution in [0.15, 0.2) is 18.2 Å². The van der Waals surface area contributed by atoms with Crippen LogP contribution in [0.3, 0.4) is 0 Å². The van der Waals surface area contributed by atoms with E-state index in [2.05, 4.69) is 5.32 Å². The summed E-state index contributed by atoms with van der Waals surface area (Å²) < 4.78 is 0. The first-order valence-electron chi connectivity index (χ1n) is 4.96. The highest BCUT2D eigenvalue weighted by molar-refractivity contribution is 5.99. The van der Waals surface area contributed by atoms with Gasteiger partial charge in [-0.15, -0.1) is 0 Å². The Hall–Kier alpha value is -1.88. The number of anilines is 1. The van der Waals surface area contributed by atoms with Crippen molar-refractivity contribution in [1.82, 2.24) is 0 Å². The van der Waals surface area contributed by atoms with Gasteiger partial charge < -0.3 is 16.2 Å². The summed E-state index contributed by atoms with van der Waals surface area (Å²) in [5.41, 5.74) is 8.15. The van der Waals surface area contributed by atoms with Gasteiger partial charge in [0.15, 0.2) is 0 Å². The maximum Gasteiger partial charge on any atom is 0.305 e. The van der Waals surface area contributed by atoms with Crippen molar-refractivity contribution in [1.29, 1.82) is 0 Å². The second kappa shape index (κ2) is 3.94. The second-order valence-corrected chi connectivity index (χ2v) is 3.85. The van der Waals surface area contributed by atoms with Gasteiger partial charge >= 0.3 is 5.97 Å². The van der Waals surface area contributed by atoms with E-state index in [1.807, 2.05) is 0 Å². The lowest BCUT2D eigenvalue weighted by Gasteiger charge is -2.10. The average molecular weight is 220 g/mol. The third-order valence-electron chi connectivity index (χ3n) is 2.58. The Morgan fingerprint density at radius 1 is 1.56 bits per heavy atom. The molecule has 0 radical (unpaired) electrons. The lowest BCUT2D eigenvalue weighted by Crippen LogP contribution is -2.15. The fraction of sp³-hybridized carbons (Fsp3) is 0.273. The fourth-order valence-electron chi connectivity index (χ4n) is 1.79. The van der Waals surface area contributed by atoms with Crippen LogP contribution in [-0.2, 0) is 16.0 Å². The van der Waals surface area contributed by atoms with Gasteiger partial charge in [-0.2, -0.15) is 0 Å². The lowest BCUT2D eigenvalue weighted by atomic mass is 10.0. The Balaban J connectivity index is 2.22. The van der Waals surface area contributed by atoms with Gasteiger partial charge in [-0.25, -0.2) is 0 Å². The first-order chi connectivity index (χ1) is 7.56. The number of amides is 1. The SMILES string of the molecule is NC(CC(=O)O)c1ccc2c(c1)CC(=O)N2. The van der Waals surface area contributed by atoms with Crippen LogP contribution in [0, 0.1) is 0 Å². The van der Waals surface area contributed by atoms with Crippen molar-refractivity contribution >= 4 is 17.6 Å². The van der Waals surface area contributed by atoms with E-state index in [9.17, 15) is 9.59 Å². The van der Waals surface area contributed by atoms with Gasteiger partial charge in [-0.05, 0) is 17.2 Å².